The zero-order chi connectivity index (χ0) is 22.9. The van der Waals surface area contributed by atoms with E-state index in [-0.39, 0.29) is 17.9 Å². The van der Waals surface area contributed by atoms with Crippen LogP contribution in [0.15, 0.2) is 48.9 Å². The van der Waals surface area contributed by atoms with Crippen molar-refractivity contribution in [1.29, 1.82) is 0 Å². The van der Waals surface area contributed by atoms with Crippen LogP contribution >= 0.6 is 0 Å². The van der Waals surface area contributed by atoms with Crippen LogP contribution in [0.4, 0.5) is 13.2 Å². The number of carbonyl (C=O) groups is 2. The van der Waals surface area contributed by atoms with Gasteiger partial charge in [-0.1, -0.05) is 0 Å². The monoisotopic (exact) mass is 446 g/mol. The van der Waals surface area contributed by atoms with Gasteiger partial charge >= 0.3 is 6.18 Å². The van der Waals surface area contributed by atoms with Gasteiger partial charge in [0.25, 0.3) is 11.8 Å². The second kappa shape index (κ2) is 8.48. The lowest BCUT2D eigenvalue weighted by Crippen LogP contribution is -2.46. The summed E-state index contributed by atoms with van der Waals surface area (Å²) in [5, 5.41) is 10.5. The Bertz CT molecular complexity index is 1110. The van der Waals surface area contributed by atoms with Crippen molar-refractivity contribution in [2.45, 2.75) is 25.1 Å². The number of alkyl halides is 3. The van der Waals surface area contributed by atoms with Crippen LogP contribution in [0.5, 0.6) is 0 Å². The molecule has 0 bridgehead atoms. The van der Waals surface area contributed by atoms with E-state index < -0.39 is 11.9 Å². The third-order valence-electron chi connectivity index (χ3n) is 5.34. The summed E-state index contributed by atoms with van der Waals surface area (Å²) in [7, 11) is 1.74. The van der Waals surface area contributed by atoms with Crippen molar-refractivity contribution >= 4 is 11.8 Å². The topological polar surface area (TPSA) is 85.0 Å². The Balaban J connectivity index is 1.33. The maximum absolute atomic E-state index is 12.8. The summed E-state index contributed by atoms with van der Waals surface area (Å²) in [4.78, 5) is 26.8. The van der Waals surface area contributed by atoms with Gasteiger partial charge in [-0.05, 0) is 43.2 Å². The van der Waals surface area contributed by atoms with E-state index in [1.807, 2.05) is 0 Å². The molecule has 3 heterocycles. The molecule has 11 heteroatoms. The molecule has 1 aliphatic rings. The number of likely N-dealkylation sites (tertiary alicyclic amines) is 1. The summed E-state index contributed by atoms with van der Waals surface area (Å²) in [6.07, 6.45) is 1.12. The molecule has 0 atom stereocenters. The second-order valence-electron chi connectivity index (χ2n) is 7.63. The Hall–Kier alpha value is -3.63. The molecule has 0 unspecified atom stereocenters. The van der Waals surface area contributed by atoms with Crippen molar-refractivity contribution in [3.8, 4) is 5.69 Å². The number of amides is 2. The average Bonchev–Trinajstić information content (AvgIpc) is 3.43. The van der Waals surface area contributed by atoms with Crippen LogP contribution in [-0.4, -0.2) is 55.4 Å². The number of nitrogens with one attached hydrogen (secondary N) is 1. The SMILES string of the molecule is Cn1cc(C(=O)NC2CCN(C(=O)c3ccc(-n4ccc(C(F)(F)F)n4)cc3)CC2)cn1. The number of hydrogen-bond acceptors (Lipinski definition) is 4. The molecule has 2 amide bonds. The van der Waals surface area contributed by atoms with E-state index in [1.54, 1.807) is 47.1 Å². The normalized spacial score (nSPS) is 15.1. The minimum Gasteiger partial charge on any atom is -0.349 e. The first-order chi connectivity index (χ1) is 15.2. The Morgan fingerprint density at radius 2 is 1.75 bits per heavy atom. The van der Waals surface area contributed by atoms with Crippen LogP contribution in [-0.2, 0) is 13.2 Å². The zero-order valence-corrected chi connectivity index (χ0v) is 17.2. The van der Waals surface area contributed by atoms with E-state index in [2.05, 4.69) is 15.5 Å². The number of hydrogen-bond donors (Lipinski definition) is 1. The second-order valence-corrected chi connectivity index (χ2v) is 7.63. The summed E-state index contributed by atoms with van der Waals surface area (Å²) in [5.41, 5.74) is 0.380. The van der Waals surface area contributed by atoms with Crippen LogP contribution in [0.25, 0.3) is 5.69 Å². The van der Waals surface area contributed by atoms with Gasteiger partial charge in [-0.15, -0.1) is 0 Å². The maximum Gasteiger partial charge on any atom is 0.435 e. The summed E-state index contributed by atoms with van der Waals surface area (Å²) in [6.45, 7) is 0.985. The van der Waals surface area contributed by atoms with Gasteiger partial charge in [-0.3, -0.25) is 14.3 Å². The Labute approximate surface area is 181 Å². The van der Waals surface area contributed by atoms with Crippen molar-refractivity contribution < 1.29 is 22.8 Å². The molecule has 2 aromatic heterocycles. The Kier molecular flexibility index (Phi) is 5.72. The highest BCUT2D eigenvalue weighted by atomic mass is 19.4. The largest absolute Gasteiger partial charge is 0.435 e. The lowest BCUT2D eigenvalue weighted by Gasteiger charge is -2.32. The fourth-order valence-corrected chi connectivity index (χ4v) is 3.59. The maximum atomic E-state index is 12.8. The van der Waals surface area contributed by atoms with E-state index >= 15 is 0 Å². The molecule has 1 aliphatic heterocycles. The standard InChI is InChI=1S/C21H21F3N6O2/c1-28-13-15(12-25-28)19(31)26-16-6-9-29(10-7-16)20(32)14-2-4-17(5-3-14)30-11-8-18(27-30)21(22,23)24/h2-5,8,11-13,16H,6-7,9-10H2,1H3,(H,26,31). The molecule has 1 fully saturated rings. The highest BCUT2D eigenvalue weighted by Crippen LogP contribution is 2.28. The van der Waals surface area contributed by atoms with Crippen molar-refractivity contribution in [3.63, 3.8) is 0 Å². The summed E-state index contributed by atoms with van der Waals surface area (Å²) in [6, 6.07) is 7.13. The summed E-state index contributed by atoms with van der Waals surface area (Å²) >= 11 is 0. The molecule has 0 spiro atoms. The number of rotatable bonds is 4. The van der Waals surface area contributed by atoms with E-state index in [9.17, 15) is 22.8 Å². The average molecular weight is 446 g/mol. The predicted molar refractivity (Wildman–Crippen MR) is 108 cm³/mol. The molecule has 0 radical (unpaired) electrons. The first-order valence-electron chi connectivity index (χ1n) is 10.0. The molecule has 1 saturated heterocycles. The molecule has 3 aromatic rings. The predicted octanol–water partition coefficient (Wildman–Crippen LogP) is 2.66. The Morgan fingerprint density at radius 3 is 2.31 bits per heavy atom. The minimum atomic E-state index is -4.51. The van der Waals surface area contributed by atoms with Crippen LogP contribution < -0.4 is 5.32 Å². The summed E-state index contributed by atoms with van der Waals surface area (Å²) < 4.78 is 40.9. The third kappa shape index (κ3) is 4.66. The van der Waals surface area contributed by atoms with Gasteiger partial charge in [0.15, 0.2) is 5.69 Å². The van der Waals surface area contributed by atoms with Crippen LogP contribution in [0.3, 0.4) is 0 Å². The van der Waals surface area contributed by atoms with Crippen LogP contribution in [0, 0.1) is 0 Å². The van der Waals surface area contributed by atoms with E-state index in [4.69, 9.17) is 0 Å². The first kappa shape index (κ1) is 21.6. The fourth-order valence-electron chi connectivity index (χ4n) is 3.59. The Morgan fingerprint density at radius 1 is 1.06 bits per heavy atom. The van der Waals surface area contributed by atoms with Crippen LogP contribution in [0.1, 0.15) is 39.3 Å². The number of aromatic nitrogens is 4. The lowest BCUT2D eigenvalue weighted by atomic mass is 10.0. The number of nitrogens with zero attached hydrogens (tertiary/aromatic N) is 5. The third-order valence-corrected chi connectivity index (χ3v) is 5.34. The van der Waals surface area contributed by atoms with Crippen molar-refractivity contribution in [3.05, 3.63) is 65.7 Å². The van der Waals surface area contributed by atoms with Crippen LogP contribution in [0.2, 0.25) is 0 Å². The van der Waals surface area contributed by atoms with E-state index in [1.165, 1.54) is 12.4 Å². The molecule has 32 heavy (non-hydrogen) atoms. The molecule has 168 valence electrons. The zero-order valence-electron chi connectivity index (χ0n) is 17.2. The molecule has 0 aliphatic carbocycles. The number of aryl methyl sites for hydroxylation is 1. The molecule has 1 N–H and O–H groups in total. The number of piperidine rings is 1. The lowest BCUT2D eigenvalue weighted by molar-refractivity contribution is -0.141. The highest BCUT2D eigenvalue weighted by molar-refractivity contribution is 5.95. The van der Waals surface area contributed by atoms with E-state index in [0.717, 1.165) is 10.7 Å². The fraction of sp³-hybridized carbons (Fsp3) is 0.333. The molecular weight excluding hydrogens is 425 g/mol. The minimum absolute atomic E-state index is 0.0308. The van der Waals surface area contributed by atoms with Gasteiger partial charge in [-0.25, -0.2) is 4.68 Å². The number of carbonyl (C=O) groups excluding carboxylic acids is 2. The molecule has 4 rings (SSSR count). The van der Waals surface area contributed by atoms with Gasteiger partial charge in [0, 0.05) is 44.1 Å². The van der Waals surface area contributed by atoms with Crippen molar-refractivity contribution in [1.82, 2.24) is 29.8 Å². The van der Waals surface area contributed by atoms with Crippen molar-refractivity contribution in [2.75, 3.05) is 13.1 Å². The molecule has 1 aromatic carbocycles. The van der Waals surface area contributed by atoms with Gasteiger partial charge in [0.05, 0.1) is 17.4 Å². The number of benzene rings is 1. The highest BCUT2D eigenvalue weighted by Gasteiger charge is 2.33. The smallest absolute Gasteiger partial charge is 0.349 e. The van der Waals surface area contributed by atoms with E-state index in [0.29, 0.717) is 42.7 Å². The van der Waals surface area contributed by atoms with Gasteiger partial charge in [0.1, 0.15) is 0 Å². The molecule has 8 nitrogen and oxygen atoms in total. The number of halogens is 3. The molecular formula is C21H21F3N6O2. The van der Waals surface area contributed by atoms with Crippen molar-refractivity contribution in [2.24, 2.45) is 7.05 Å². The quantitative estimate of drug-likeness (QED) is 0.668. The van der Waals surface area contributed by atoms with Gasteiger partial charge < -0.3 is 10.2 Å². The molecule has 0 saturated carbocycles. The van der Waals surface area contributed by atoms with Gasteiger partial charge in [0.2, 0.25) is 0 Å². The summed E-state index contributed by atoms with van der Waals surface area (Å²) in [5.74, 6) is -0.351. The van der Waals surface area contributed by atoms with Gasteiger partial charge in [-0.2, -0.15) is 23.4 Å². The first-order valence-corrected chi connectivity index (χ1v) is 10.0.